The van der Waals surface area contributed by atoms with Crippen molar-refractivity contribution in [1.29, 1.82) is 0 Å². The van der Waals surface area contributed by atoms with Gasteiger partial charge in [-0.1, -0.05) is 24.3 Å². The summed E-state index contributed by atoms with van der Waals surface area (Å²) in [5.41, 5.74) is 8.83. The number of aromatic amines is 2. The third-order valence-electron chi connectivity index (χ3n) is 5.17. The first-order valence-electron chi connectivity index (χ1n) is 10.1. The third-order valence-corrected chi connectivity index (χ3v) is 5.17. The summed E-state index contributed by atoms with van der Waals surface area (Å²) in [5, 5.41) is 3.47. The van der Waals surface area contributed by atoms with Crippen molar-refractivity contribution < 1.29 is 0 Å². The molecule has 0 spiro atoms. The SMILES string of the molecule is Cc1cccc(-c2ccc(-c3cccc(-c4ccc(C5=CC=CC(C)N5)[nH]4)n3)[nH]2)n1. The van der Waals surface area contributed by atoms with Crippen LogP contribution in [0, 0.1) is 6.92 Å². The van der Waals surface area contributed by atoms with Crippen molar-refractivity contribution >= 4 is 5.70 Å². The van der Waals surface area contributed by atoms with Crippen LogP contribution in [0.3, 0.4) is 0 Å². The largest absolute Gasteiger partial charge is 0.377 e. The molecule has 0 aromatic carbocycles. The number of dihydropyridines is 1. The van der Waals surface area contributed by atoms with Crippen molar-refractivity contribution in [3.63, 3.8) is 0 Å². The summed E-state index contributed by atoms with van der Waals surface area (Å²) < 4.78 is 0. The van der Waals surface area contributed by atoms with Gasteiger partial charge < -0.3 is 15.3 Å². The van der Waals surface area contributed by atoms with E-state index in [0.717, 1.165) is 51.2 Å². The van der Waals surface area contributed by atoms with Crippen LogP contribution in [0.1, 0.15) is 18.3 Å². The van der Waals surface area contributed by atoms with Crippen molar-refractivity contribution in [3.05, 3.63) is 90.3 Å². The van der Waals surface area contributed by atoms with Crippen LogP contribution in [0.25, 0.3) is 39.9 Å². The van der Waals surface area contributed by atoms with Crippen molar-refractivity contribution in [3.8, 4) is 34.2 Å². The van der Waals surface area contributed by atoms with E-state index in [1.54, 1.807) is 0 Å². The summed E-state index contributed by atoms with van der Waals surface area (Å²) in [6.45, 7) is 4.13. The van der Waals surface area contributed by atoms with E-state index in [9.17, 15) is 0 Å². The molecule has 0 fully saturated rings. The van der Waals surface area contributed by atoms with Gasteiger partial charge in [0.05, 0.1) is 45.6 Å². The van der Waals surface area contributed by atoms with E-state index < -0.39 is 0 Å². The summed E-state index contributed by atoms with van der Waals surface area (Å²) in [5.74, 6) is 0. The monoisotopic (exact) mass is 393 g/mol. The summed E-state index contributed by atoms with van der Waals surface area (Å²) in [7, 11) is 0. The number of H-pyrrole nitrogens is 2. The number of rotatable bonds is 4. The Kier molecular flexibility index (Phi) is 4.56. The molecular formula is C25H23N5. The van der Waals surface area contributed by atoms with Gasteiger partial charge in [-0.05, 0) is 68.5 Å². The van der Waals surface area contributed by atoms with Crippen LogP contribution in [0.2, 0.25) is 0 Å². The minimum atomic E-state index is 0.322. The van der Waals surface area contributed by atoms with Gasteiger partial charge in [0.15, 0.2) is 0 Å². The van der Waals surface area contributed by atoms with Gasteiger partial charge in [-0.3, -0.25) is 4.98 Å². The van der Waals surface area contributed by atoms with Crippen LogP contribution < -0.4 is 5.32 Å². The van der Waals surface area contributed by atoms with Crippen LogP contribution in [0.4, 0.5) is 0 Å². The Bertz CT molecular complexity index is 1260. The molecule has 5 rings (SSSR count). The maximum absolute atomic E-state index is 4.87. The van der Waals surface area contributed by atoms with E-state index in [1.165, 1.54) is 0 Å². The van der Waals surface area contributed by atoms with Gasteiger partial charge in [0.2, 0.25) is 0 Å². The number of pyridine rings is 2. The lowest BCUT2D eigenvalue weighted by Crippen LogP contribution is -2.24. The molecule has 1 aliphatic rings. The molecule has 5 heteroatoms. The number of nitrogens with zero attached hydrogens (tertiary/aromatic N) is 2. The second kappa shape index (κ2) is 7.52. The number of nitrogens with one attached hydrogen (secondary N) is 3. The molecule has 0 saturated carbocycles. The van der Waals surface area contributed by atoms with Crippen molar-refractivity contribution in [2.24, 2.45) is 0 Å². The molecule has 5 heterocycles. The minimum absolute atomic E-state index is 0.322. The van der Waals surface area contributed by atoms with Gasteiger partial charge in [-0.25, -0.2) is 4.98 Å². The molecule has 0 amide bonds. The van der Waals surface area contributed by atoms with Crippen molar-refractivity contribution in [1.82, 2.24) is 25.3 Å². The molecule has 1 unspecified atom stereocenters. The molecule has 0 aliphatic carbocycles. The van der Waals surface area contributed by atoms with Gasteiger partial charge in [0.1, 0.15) is 0 Å². The predicted octanol–water partition coefficient (Wildman–Crippen LogP) is 5.33. The van der Waals surface area contributed by atoms with E-state index in [-0.39, 0.29) is 0 Å². The van der Waals surface area contributed by atoms with Gasteiger partial charge in [-0.2, -0.15) is 0 Å². The van der Waals surface area contributed by atoms with E-state index in [0.29, 0.717) is 6.04 Å². The molecule has 1 atom stereocenters. The first-order chi connectivity index (χ1) is 14.7. The normalized spacial score (nSPS) is 15.7. The van der Waals surface area contributed by atoms with Gasteiger partial charge in [-0.15, -0.1) is 0 Å². The predicted molar refractivity (Wildman–Crippen MR) is 121 cm³/mol. The Morgan fingerprint density at radius 3 is 1.90 bits per heavy atom. The zero-order valence-corrected chi connectivity index (χ0v) is 17.0. The van der Waals surface area contributed by atoms with Crippen LogP contribution in [-0.4, -0.2) is 26.0 Å². The van der Waals surface area contributed by atoms with E-state index in [2.05, 4.69) is 63.6 Å². The first kappa shape index (κ1) is 18.2. The lowest BCUT2D eigenvalue weighted by Gasteiger charge is -2.17. The highest BCUT2D eigenvalue weighted by atomic mass is 15.0. The number of hydrogen-bond donors (Lipinski definition) is 3. The topological polar surface area (TPSA) is 69.4 Å². The maximum atomic E-state index is 4.87. The Morgan fingerprint density at radius 2 is 1.27 bits per heavy atom. The number of allylic oxidation sites excluding steroid dienone is 2. The van der Waals surface area contributed by atoms with Crippen molar-refractivity contribution in [2.75, 3.05) is 0 Å². The molecule has 0 saturated heterocycles. The molecule has 5 nitrogen and oxygen atoms in total. The third kappa shape index (κ3) is 3.57. The molecule has 30 heavy (non-hydrogen) atoms. The fourth-order valence-corrected chi connectivity index (χ4v) is 3.65. The second-order valence-corrected chi connectivity index (χ2v) is 7.54. The van der Waals surface area contributed by atoms with Gasteiger partial charge >= 0.3 is 0 Å². The summed E-state index contributed by atoms with van der Waals surface area (Å²) in [6, 6.07) is 20.7. The van der Waals surface area contributed by atoms with Crippen LogP contribution >= 0.6 is 0 Å². The highest BCUT2D eigenvalue weighted by Crippen LogP contribution is 2.26. The van der Waals surface area contributed by atoms with Gasteiger partial charge in [0.25, 0.3) is 0 Å². The number of hydrogen-bond acceptors (Lipinski definition) is 3. The second-order valence-electron chi connectivity index (χ2n) is 7.54. The smallest absolute Gasteiger partial charge is 0.0872 e. The van der Waals surface area contributed by atoms with Crippen molar-refractivity contribution in [2.45, 2.75) is 19.9 Å². The van der Waals surface area contributed by atoms with E-state index >= 15 is 0 Å². The molecule has 0 bridgehead atoms. The fraction of sp³-hybridized carbons (Fsp3) is 0.120. The molecule has 148 valence electrons. The summed E-state index contributed by atoms with van der Waals surface area (Å²) in [4.78, 5) is 16.4. The average molecular weight is 393 g/mol. The molecular weight excluding hydrogens is 370 g/mol. The molecule has 4 aromatic rings. The van der Waals surface area contributed by atoms with Crippen LogP contribution in [-0.2, 0) is 0 Å². The lowest BCUT2D eigenvalue weighted by molar-refractivity contribution is 0.776. The highest BCUT2D eigenvalue weighted by Gasteiger charge is 2.12. The minimum Gasteiger partial charge on any atom is -0.377 e. The Labute approximate surface area is 175 Å². The van der Waals surface area contributed by atoms with Crippen LogP contribution in [0.5, 0.6) is 0 Å². The lowest BCUT2D eigenvalue weighted by atomic mass is 10.1. The zero-order chi connectivity index (χ0) is 20.5. The Balaban J connectivity index is 1.43. The summed E-state index contributed by atoms with van der Waals surface area (Å²) in [6.07, 6.45) is 6.30. The Morgan fingerprint density at radius 1 is 0.700 bits per heavy atom. The maximum Gasteiger partial charge on any atom is 0.0872 e. The van der Waals surface area contributed by atoms with E-state index in [4.69, 9.17) is 4.98 Å². The Hall–Kier alpha value is -3.86. The highest BCUT2D eigenvalue weighted by molar-refractivity contribution is 5.70. The quantitative estimate of drug-likeness (QED) is 0.439. The zero-order valence-electron chi connectivity index (χ0n) is 17.0. The van der Waals surface area contributed by atoms with Gasteiger partial charge in [0, 0.05) is 11.7 Å². The first-order valence-corrected chi connectivity index (χ1v) is 10.1. The van der Waals surface area contributed by atoms with E-state index in [1.807, 2.05) is 49.4 Å². The standard InChI is InChI=1S/C25H23N5/c1-16-6-3-8-18(26-16)22-12-14-24(29-22)20-10-5-11-21(28-20)25-15-13-23(30-25)19-9-4-7-17(2)27-19/h3-16,26,29-30H,1-2H3. The molecule has 0 radical (unpaired) electrons. The molecule has 3 N–H and O–H groups in total. The molecule has 1 aliphatic heterocycles. The fourth-order valence-electron chi connectivity index (χ4n) is 3.65. The number of aromatic nitrogens is 4. The molecule has 4 aromatic heterocycles. The number of aryl methyl sites for hydroxylation is 1. The average Bonchev–Trinajstić information content (AvgIpc) is 3.44. The van der Waals surface area contributed by atoms with Crippen LogP contribution in [0.15, 0.2) is 78.9 Å². The summed E-state index contributed by atoms with van der Waals surface area (Å²) >= 11 is 0.